The van der Waals surface area contributed by atoms with E-state index in [0.717, 1.165) is 60.1 Å². The largest absolute Gasteiger partial charge is 0.495 e. The van der Waals surface area contributed by atoms with E-state index in [2.05, 4.69) is 126 Å². The monoisotopic (exact) mass is 1590 g/mol. The van der Waals surface area contributed by atoms with E-state index in [1.54, 1.807) is 96.3 Å². The van der Waals surface area contributed by atoms with Gasteiger partial charge in [0, 0.05) is 110 Å². The number of aromatic nitrogens is 6. The highest BCUT2D eigenvalue weighted by atomic mass is 35.5. The third-order valence-electron chi connectivity index (χ3n) is 20.1. The number of fused-ring (bicyclic) bond motifs is 2. The summed E-state index contributed by atoms with van der Waals surface area (Å²) in [5, 5.41) is 22.0. The lowest BCUT2D eigenvalue weighted by Crippen LogP contribution is -2.52. The number of piperazine rings is 1. The molecular weight excluding hydrogens is 1500 g/mol. The second-order valence-electron chi connectivity index (χ2n) is 28.6. The Hall–Kier alpha value is -7.86. The molecule has 4 fully saturated rings. The number of methoxy groups -OCH3 is 2. The number of nitrogens with zero attached hydrogens (tertiary/aromatic N) is 10. The number of para-hydroxylation sites is 1. The fraction of sp³-hybridized carbons (Fsp3) is 0.400. The molecule has 107 heavy (non-hydrogen) atoms. The zero-order valence-electron chi connectivity index (χ0n) is 62.1. The zero-order chi connectivity index (χ0) is 76.7. The molecule has 3 saturated heterocycles. The molecule has 5 aromatic carbocycles. The highest BCUT2D eigenvalue weighted by Crippen LogP contribution is 2.49. The Morgan fingerprint density at radius 1 is 0.607 bits per heavy atom. The minimum Gasteiger partial charge on any atom is -0.495 e. The van der Waals surface area contributed by atoms with Crippen LogP contribution in [0.2, 0.25) is 15.1 Å². The molecule has 1 saturated carbocycles. The average molecular weight is 1590 g/mol. The van der Waals surface area contributed by atoms with Gasteiger partial charge in [-0.3, -0.25) is 9.69 Å². The second-order valence-corrected chi connectivity index (χ2v) is 42.0. The minimum atomic E-state index is -3.53. The first-order valence-corrected chi connectivity index (χ1v) is 45.4. The molecule has 5 aliphatic rings. The fourth-order valence-electron chi connectivity index (χ4n) is 13.7. The zero-order valence-corrected chi connectivity index (χ0v) is 67.8. The number of halogens is 3. The first kappa shape index (κ1) is 80.2. The van der Waals surface area contributed by atoms with Crippen LogP contribution in [-0.2, 0) is 28.3 Å². The molecule has 13 rings (SSSR count). The third-order valence-corrected chi connectivity index (χ3v) is 29.3. The topological polar surface area (TPSA) is 309 Å². The van der Waals surface area contributed by atoms with Crippen molar-refractivity contribution in [3.8, 4) is 11.5 Å². The number of benzene rings is 5. The average Bonchev–Trinajstić information content (AvgIpc) is 0.869. The van der Waals surface area contributed by atoms with Crippen LogP contribution >= 0.6 is 56.2 Å². The van der Waals surface area contributed by atoms with Gasteiger partial charge in [-0.25, -0.2) is 23.4 Å². The number of primary amides is 1. The SMILES string of the molecule is COc1cc(P(C)(C)=O)ccc1Nc1ncc(Cl)c(Nc2ccccc2S(=O)(=O)C(C)C)n1.COc1cc(P2(=O)CCN(C)CC2)ccc1Nc1ncc(Cl)c(N[C@H]2C3C=CC(C3)[C@H]2C(N)=O)n1.Cc1cc(N2CCC(N3CCN(C)CC3)CC2)ccc1Nc1ncc(Cl)c(Nc2ccc(P(C)(C)=O)cc2)n1. The molecule has 8 aromatic rings. The van der Waals surface area contributed by atoms with Crippen LogP contribution in [0, 0.1) is 24.7 Å². The van der Waals surface area contributed by atoms with E-state index in [-0.39, 0.29) is 51.4 Å². The molecule has 3 aromatic heterocycles. The van der Waals surface area contributed by atoms with Crippen LogP contribution in [0.5, 0.6) is 11.5 Å². The standard InChI is InChI=1S/C29H39ClN7OP.C24H30ClN6O3P.C22H26ClN4O4PS/c1-21-19-24(36-13-11-23(12-14-36)37-17-15-35(2)16-18-37)7-10-27(21)33-29-31-20-26(30)28(34-29)32-22-5-8-25(9-6-22)39(3,4)38;1-31-7-9-35(33,10-8-31)16-5-6-18(19(12-16)34-2)28-24-27-13-17(25)23(30-24)29-21-15-4-3-14(11-15)20(21)22(26)32;1-14(2)33(29,30)20-9-7-6-8-18(20)25-21-16(23)13-24-22(27-21)26-17-11-10-15(32(4,5)28)12-19(17)31-3/h5-10,19-20,23H,11-18H2,1-4H3,(H2,31,32,33,34);3-6,12-15,20-21H,7-11H2,1-2H3,(H2,26,32)(H2,27,28,29,30);6-14H,1-5H3,(H2,24,25,26,27)/t;14?,15?,20-,21+;/m.1./s1. The van der Waals surface area contributed by atoms with Crippen molar-refractivity contribution in [1.29, 1.82) is 0 Å². The number of allylic oxidation sites excluding steroid dienone is 1. The minimum absolute atomic E-state index is 0.146. The Morgan fingerprint density at radius 3 is 1.69 bits per heavy atom. The molecule has 32 heteroatoms. The number of piperidine rings is 1. The lowest BCUT2D eigenvalue weighted by molar-refractivity contribution is -0.122. The van der Waals surface area contributed by atoms with Gasteiger partial charge in [0.1, 0.15) is 48.0 Å². The van der Waals surface area contributed by atoms with E-state index >= 15 is 0 Å². The molecule has 3 aliphatic heterocycles. The summed E-state index contributed by atoms with van der Waals surface area (Å²) >= 11 is 19.1. The molecule has 8 N–H and O–H groups in total. The smallest absolute Gasteiger partial charge is 0.229 e. The molecule has 0 spiro atoms. The van der Waals surface area contributed by atoms with Gasteiger partial charge in [-0.1, -0.05) is 59.1 Å². The molecule has 2 bridgehead atoms. The first-order chi connectivity index (χ1) is 50.8. The Morgan fingerprint density at radius 2 is 1.12 bits per heavy atom. The van der Waals surface area contributed by atoms with Crippen LogP contribution in [-0.4, -0.2) is 196 Å². The number of nitrogens with two attached hydrogens (primary N) is 1. The summed E-state index contributed by atoms with van der Waals surface area (Å²) < 4.78 is 74.7. The molecule has 25 nitrogen and oxygen atoms in total. The van der Waals surface area contributed by atoms with Crippen molar-refractivity contribution in [1.82, 2.24) is 44.6 Å². The Kier molecular flexibility index (Phi) is 25.8. The van der Waals surface area contributed by atoms with Gasteiger partial charge < -0.3 is 75.5 Å². The highest BCUT2D eigenvalue weighted by molar-refractivity contribution is 7.92. The molecule has 2 aliphatic carbocycles. The lowest BCUT2D eigenvalue weighted by atomic mass is 9.88. The number of likely N-dealkylation sites (N-methyl/N-ethyl adjacent to an activating group) is 1. The second kappa shape index (κ2) is 34.4. The van der Waals surface area contributed by atoms with Crippen molar-refractivity contribution in [3.05, 3.63) is 155 Å². The number of hydrogen-bond donors (Lipinski definition) is 7. The van der Waals surface area contributed by atoms with Crippen LogP contribution in [0.3, 0.4) is 0 Å². The van der Waals surface area contributed by atoms with Crippen molar-refractivity contribution in [3.63, 3.8) is 0 Å². The van der Waals surface area contributed by atoms with Gasteiger partial charge in [-0.15, -0.1) is 0 Å². The fourth-order valence-corrected chi connectivity index (χ4v) is 19.8. The number of aryl methyl sites for hydroxylation is 1. The number of hydrogen-bond acceptors (Lipinski definition) is 24. The van der Waals surface area contributed by atoms with E-state index in [1.165, 1.54) is 64.2 Å². The van der Waals surface area contributed by atoms with Gasteiger partial charge in [-0.2, -0.15) is 15.0 Å². The third kappa shape index (κ3) is 19.8. The number of carbonyl (C=O) groups is 1. The van der Waals surface area contributed by atoms with Crippen molar-refractivity contribution >= 4 is 157 Å². The Balaban J connectivity index is 0.000000161. The molecule has 6 heterocycles. The molecule has 0 radical (unpaired) electrons. The maximum Gasteiger partial charge on any atom is 0.229 e. The maximum absolute atomic E-state index is 13.5. The molecule has 2 unspecified atom stereocenters. The lowest BCUT2D eigenvalue weighted by Gasteiger charge is -2.42. The van der Waals surface area contributed by atoms with E-state index in [9.17, 15) is 26.9 Å². The number of nitrogens with one attached hydrogen (secondary N) is 6. The van der Waals surface area contributed by atoms with Gasteiger partial charge in [0.2, 0.25) is 23.8 Å². The van der Waals surface area contributed by atoms with Crippen molar-refractivity contribution in [2.45, 2.75) is 62.3 Å². The van der Waals surface area contributed by atoms with Gasteiger partial charge >= 0.3 is 0 Å². The number of ether oxygens (including phenoxy) is 2. The first-order valence-electron chi connectivity index (χ1n) is 35.5. The Bertz CT molecular complexity index is 4820. The number of carbonyl (C=O) groups excluding carboxylic acids is 1. The van der Waals surface area contributed by atoms with E-state index < -0.39 is 36.5 Å². The van der Waals surface area contributed by atoms with E-state index in [0.29, 0.717) is 85.8 Å². The summed E-state index contributed by atoms with van der Waals surface area (Å²) in [6.07, 6.45) is 13.4. The quantitative estimate of drug-likeness (QED) is 0.0245. The van der Waals surface area contributed by atoms with E-state index in [4.69, 9.17) is 50.0 Å². The summed E-state index contributed by atoms with van der Waals surface area (Å²) in [5.74, 6) is 2.97. The Labute approximate surface area is 642 Å². The molecule has 1 amide bonds. The van der Waals surface area contributed by atoms with E-state index in [1.807, 2.05) is 49.5 Å². The van der Waals surface area contributed by atoms with Gasteiger partial charge in [0.15, 0.2) is 27.3 Å². The van der Waals surface area contributed by atoms with Crippen LogP contribution in [0.4, 0.5) is 69.4 Å². The molecule has 570 valence electrons. The summed E-state index contributed by atoms with van der Waals surface area (Å²) in [6.45, 7) is 20.8. The summed E-state index contributed by atoms with van der Waals surface area (Å²) in [4.78, 5) is 48.5. The predicted octanol–water partition coefficient (Wildman–Crippen LogP) is 13.3. The van der Waals surface area contributed by atoms with Gasteiger partial charge in [0.05, 0.1) is 65.9 Å². The number of sulfone groups is 1. The summed E-state index contributed by atoms with van der Waals surface area (Å²) in [5.41, 5.74) is 11.5. The number of rotatable bonds is 22. The number of amides is 1. The maximum atomic E-state index is 13.5. The van der Waals surface area contributed by atoms with Gasteiger partial charge in [0.25, 0.3) is 0 Å². The normalized spacial score (nSPS) is 19.0. The van der Waals surface area contributed by atoms with Crippen LogP contribution in [0.25, 0.3) is 0 Å². The van der Waals surface area contributed by atoms with Gasteiger partial charge in [-0.05, 0) is 189 Å². The summed E-state index contributed by atoms with van der Waals surface area (Å²) in [6, 6.07) is 32.0. The van der Waals surface area contributed by atoms with Crippen LogP contribution in [0.15, 0.2) is 139 Å². The highest BCUT2D eigenvalue weighted by Gasteiger charge is 2.48. The number of anilines is 12. The van der Waals surface area contributed by atoms with Crippen LogP contribution < -0.4 is 67.9 Å². The van der Waals surface area contributed by atoms with Crippen molar-refractivity contribution in [2.24, 2.45) is 23.5 Å². The molecule has 4 atom stereocenters. The van der Waals surface area contributed by atoms with Crippen LogP contribution in [0.1, 0.15) is 38.7 Å². The summed E-state index contributed by atoms with van der Waals surface area (Å²) in [7, 11) is -3.37. The molecular formula is C75H95Cl3N17O8P3S. The predicted molar refractivity (Wildman–Crippen MR) is 438 cm³/mol. The van der Waals surface area contributed by atoms with Crippen molar-refractivity contribution in [2.75, 3.05) is 156 Å². The van der Waals surface area contributed by atoms with Crippen molar-refractivity contribution < 1.29 is 36.4 Å².